The molecule has 2 aromatic carbocycles. The number of hydrogen-bond donors (Lipinski definition) is 3. The molecule has 0 aliphatic rings. The van der Waals surface area contributed by atoms with Gasteiger partial charge in [-0.25, -0.2) is 9.78 Å². The number of carbonyl (C=O) groups excluding carboxylic acids is 1. The predicted molar refractivity (Wildman–Crippen MR) is 162 cm³/mol. The van der Waals surface area contributed by atoms with E-state index in [0.29, 0.717) is 18.8 Å². The lowest BCUT2D eigenvalue weighted by atomic mass is 9.92. The van der Waals surface area contributed by atoms with Gasteiger partial charge in [-0.15, -0.1) is 22.7 Å². The molecule has 2 heterocycles. The molecule has 2 amide bonds. The molecule has 4 rings (SSSR count). The third kappa shape index (κ3) is 9.21. The van der Waals surface area contributed by atoms with Gasteiger partial charge < -0.3 is 15.5 Å². The summed E-state index contributed by atoms with van der Waals surface area (Å²) in [6.07, 6.45) is 0.637. The lowest BCUT2D eigenvalue weighted by Gasteiger charge is -2.34. The zero-order valence-corrected chi connectivity index (χ0v) is 24.9. The summed E-state index contributed by atoms with van der Waals surface area (Å²) in [5.41, 5.74) is 4.31. The Morgan fingerprint density at radius 1 is 0.976 bits per heavy atom. The summed E-state index contributed by atoms with van der Waals surface area (Å²) in [5, 5.41) is 27.9. The number of carboxylic acid groups (broad SMARTS) is 1. The van der Waals surface area contributed by atoms with E-state index in [1.165, 1.54) is 16.2 Å². The van der Waals surface area contributed by atoms with Crippen LogP contribution >= 0.6 is 22.7 Å². The average Bonchev–Trinajstić information content (AvgIpc) is 3.64. The van der Waals surface area contributed by atoms with Crippen LogP contribution in [0.4, 0.5) is 4.79 Å². The number of carbonyl (C=O) groups is 2. The van der Waals surface area contributed by atoms with Gasteiger partial charge in [-0.2, -0.15) is 0 Å². The highest BCUT2D eigenvalue weighted by atomic mass is 32.1. The number of hydrogen-bond acceptors (Lipinski definition) is 7. The summed E-state index contributed by atoms with van der Waals surface area (Å²) in [6.45, 7) is 4.26. The first-order valence-electron chi connectivity index (χ1n) is 13.6. The summed E-state index contributed by atoms with van der Waals surface area (Å²) in [4.78, 5) is 36.4. The van der Waals surface area contributed by atoms with E-state index in [1.807, 2.05) is 66.0 Å². The highest BCUT2D eigenvalue weighted by Crippen LogP contribution is 2.22. The van der Waals surface area contributed by atoms with Crippen LogP contribution in [-0.4, -0.2) is 55.3 Å². The van der Waals surface area contributed by atoms with Crippen molar-refractivity contribution in [3.63, 3.8) is 0 Å². The highest BCUT2D eigenvalue weighted by molar-refractivity contribution is 7.09. The minimum absolute atomic E-state index is 0.117. The largest absolute Gasteiger partial charge is 0.465 e. The molecule has 8 nitrogen and oxygen atoms in total. The second kappa shape index (κ2) is 14.9. The Morgan fingerprint density at radius 2 is 1.63 bits per heavy atom. The van der Waals surface area contributed by atoms with Gasteiger partial charge in [-0.05, 0) is 30.4 Å². The number of aliphatic hydroxyl groups excluding tert-OH is 1. The van der Waals surface area contributed by atoms with Crippen LogP contribution in [0.5, 0.6) is 0 Å². The predicted octanol–water partition coefficient (Wildman–Crippen LogP) is 5.54. The first-order chi connectivity index (χ1) is 19.8. The molecule has 0 spiro atoms. The maximum absolute atomic E-state index is 13.2. The van der Waals surface area contributed by atoms with E-state index in [0.717, 1.165) is 26.7 Å². The van der Waals surface area contributed by atoms with Crippen molar-refractivity contribution in [1.82, 2.24) is 20.2 Å². The topological polar surface area (TPSA) is 116 Å². The molecule has 3 atom stereocenters. The Kier molecular flexibility index (Phi) is 11.0. The van der Waals surface area contributed by atoms with Crippen LogP contribution < -0.4 is 5.32 Å². The maximum atomic E-state index is 13.2. The summed E-state index contributed by atoms with van der Waals surface area (Å²) >= 11 is 2.92. The zero-order chi connectivity index (χ0) is 29.2. The number of benzene rings is 2. The van der Waals surface area contributed by atoms with Crippen molar-refractivity contribution in [2.75, 3.05) is 0 Å². The van der Waals surface area contributed by atoms with Gasteiger partial charge in [0.15, 0.2) is 0 Å². The summed E-state index contributed by atoms with van der Waals surface area (Å²) in [5.74, 6) is 0.111. The molecule has 0 saturated heterocycles. The fourth-order valence-electron chi connectivity index (χ4n) is 4.78. The van der Waals surface area contributed by atoms with E-state index in [2.05, 4.69) is 29.1 Å². The fourth-order valence-corrected chi connectivity index (χ4v) is 6.20. The van der Waals surface area contributed by atoms with Crippen molar-refractivity contribution >= 4 is 34.7 Å². The normalized spacial score (nSPS) is 13.5. The third-order valence-electron chi connectivity index (χ3n) is 6.81. The standard InChI is InChI=1S/C31H36N4O4S2/c1-21(2)30-34-25(19-40-30)16-29(37)33-24(13-22-9-5-3-6-10-22)15-28(36)27(14-23-11-7-4-8-12-23)35(31(38)39)18-26-17-32-20-41-26/h3-12,17,19-21,24,27-28,36H,13-16,18H2,1-2H3,(H,33,37)(H,38,39)/t24-,27-,28+/m0/s1. The third-order valence-corrected chi connectivity index (χ3v) is 8.77. The molecule has 41 heavy (non-hydrogen) atoms. The Labute approximate surface area is 248 Å². The summed E-state index contributed by atoms with van der Waals surface area (Å²) in [6, 6.07) is 18.2. The lowest BCUT2D eigenvalue weighted by molar-refractivity contribution is -0.121. The Bertz CT molecular complexity index is 1360. The van der Waals surface area contributed by atoms with Gasteiger partial charge in [0.1, 0.15) is 0 Å². The smallest absolute Gasteiger partial charge is 0.407 e. The molecule has 0 bridgehead atoms. The Morgan fingerprint density at radius 3 is 2.20 bits per heavy atom. The number of amides is 2. The molecule has 0 saturated carbocycles. The van der Waals surface area contributed by atoms with Gasteiger partial charge in [0.25, 0.3) is 0 Å². The molecular weight excluding hydrogens is 556 g/mol. The van der Waals surface area contributed by atoms with Crippen LogP contribution in [0.2, 0.25) is 0 Å². The molecule has 216 valence electrons. The van der Waals surface area contributed by atoms with Crippen molar-refractivity contribution in [3.05, 3.63) is 104 Å². The molecular formula is C31H36N4O4S2. The highest BCUT2D eigenvalue weighted by Gasteiger charge is 2.32. The number of nitrogens with zero attached hydrogens (tertiary/aromatic N) is 3. The fraction of sp³-hybridized carbons (Fsp3) is 0.355. The second-order valence-corrected chi connectivity index (χ2v) is 12.3. The van der Waals surface area contributed by atoms with Gasteiger partial charge in [0, 0.05) is 28.4 Å². The van der Waals surface area contributed by atoms with Crippen LogP contribution in [0.15, 0.2) is 77.8 Å². The quantitative estimate of drug-likeness (QED) is 0.177. The number of nitrogens with one attached hydrogen (secondary N) is 1. The van der Waals surface area contributed by atoms with Crippen molar-refractivity contribution in [3.8, 4) is 0 Å². The Hall–Kier alpha value is -3.60. The van der Waals surface area contributed by atoms with Crippen LogP contribution in [0.25, 0.3) is 0 Å². The molecule has 0 aliphatic carbocycles. The van der Waals surface area contributed by atoms with Crippen LogP contribution in [0.1, 0.15) is 52.9 Å². The van der Waals surface area contributed by atoms with Gasteiger partial charge in [0.05, 0.1) is 41.3 Å². The van der Waals surface area contributed by atoms with E-state index in [9.17, 15) is 19.8 Å². The number of thiazole rings is 2. The number of rotatable bonds is 14. The zero-order valence-electron chi connectivity index (χ0n) is 23.2. The second-order valence-electron chi connectivity index (χ2n) is 10.4. The lowest BCUT2D eigenvalue weighted by Crippen LogP contribution is -2.50. The molecule has 0 radical (unpaired) electrons. The first-order valence-corrected chi connectivity index (χ1v) is 15.4. The van der Waals surface area contributed by atoms with Gasteiger partial charge >= 0.3 is 6.09 Å². The van der Waals surface area contributed by atoms with Gasteiger partial charge in [-0.1, -0.05) is 74.5 Å². The van der Waals surface area contributed by atoms with E-state index >= 15 is 0 Å². The van der Waals surface area contributed by atoms with Gasteiger partial charge in [-0.3, -0.25) is 14.7 Å². The van der Waals surface area contributed by atoms with Crippen molar-refractivity contribution in [2.24, 2.45) is 0 Å². The SMILES string of the molecule is CC(C)c1nc(CC(=O)N[C@@H](Cc2ccccc2)C[C@@H](O)[C@H](Cc2ccccc2)N(Cc2cncs2)C(=O)O)cs1. The maximum Gasteiger partial charge on any atom is 0.407 e. The molecule has 2 aromatic heterocycles. The van der Waals surface area contributed by atoms with Gasteiger partial charge in [0.2, 0.25) is 5.91 Å². The summed E-state index contributed by atoms with van der Waals surface area (Å²) in [7, 11) is 0. The van der Waals surface area contributed by atoms with E-state index in [-0.39, 0.29) is 25.3 Å². The molecule has 0 aliphatic heterocycles. The number of aliphatic hydroxyl groups is 1. The molecule has 4 aromatic rings. The van der Waals surface area contributed by atoms with Crippen LogP contribution in [-0.2, 0) is 30.6 Å². The number of aromatic nitrogens is 2. The Balaban J connectivity index is 1.55. The van der Waals surface area contributed by atoms with Crippen molar-refractivity contribution in [2.45, 2.75) is 70.2 Å². The summed E-state index contributed by atoms with van der Waals surface area (Å²) < 4.78 is 0. The average molecular weight is 593 g/mol. The minimum Gasteiger partial charge on any atom is -0.465 e. The van der Waals surface area contributed by atoms with E-state index in [4.69, 9.17) is 0 Å². The molecule has 0 unspecified atom stereocenters. The van der Waals surface area contributed by atoms with Crippen molar-refractivity contribution in [1.29, 1.82) is 0 Å². The van der Waals surface area contributed by atoms with E-state index in [1.54, 1.807) is 23.0 Å². The van der Waals surface area contributed by atoms with Crippen LogP contribution in [0.3, 0.4) is 0 Å². The minimum atomic E-state index is -1.12. The van der Waals surface area contributed by atoms with Crippen LogP contribution in [0, 0.1) is 0 Å². The molecule has 3 N–H and O–H groups in total. The monoisotopic (exact) mass is 592 g/mol. The molecule has 10 heteroatoms. The van der Waals surface area contributed by atoms with E-state index < -0.39 is 24.3 Å². The first kappa shape index (κ1) is 30.4. The molecule has 0 fully saturated rings. The van der Waals surface area contributed by atoms with Crippen molar-refractivity contribution < 1.29 is 19.8 Å².